The van der Waals surface area contributed by atoms with E-state index in [2.05, 4.69) is 0 Å². The van der Waals surface area contributed by atoms with Gasteiger partial charge in [0.2, 0.25) is 0 Å². The Kier molecular flexibility index (Phi) is 20.6. The number of aliphatic carboxylic acids is 3. The zero-order valence-electron chi connectivity index (χ0n) is 7.93. The Balaban J connectivity index is -0.000000120. The van der Waals surface area contributed by atoms with Gasteiger partial charge in [-0.15, -0.1) is 0 Å². The number of carboxylic acids is 3. The molecule has 10 N–H and O–H groups in total. The van der Waals surface area contributed by atoms with Gasteiger partial charge < -0.3 is 36.9 Å². The molecule has 10 nitrogen and oxygen atoms in total. The van der Waals surface area contributed by atoms with E-state index in [0.717, 1.165) is 0 Å². The summed E-state index contributed by atoms with van der Waals surface area (Å²) >= 11 is 0. The van der Waals surface area contributed by atoms with E-state index in [4.69, 9.17) is 20.4 Å². The molecule has 0 saturated heterocycles. The quantitative estimate of drug-likeness (QED) is 0.358. The number of hydrogen-bond donors (Lipinski definition) is 4. The number of aliphatic hydroxyl groups is 1. The van der Waals surface area contributed by atoms with Crippen LogP contribution in [0.15, 0.2) is 0 Å². The molecule has 0 saturated carbocycles. The molecular weight excluding hydrogens is 255 g/mol. The van der Waals surface area contributed by atoms with E-state index < -0.39 is 36.4 Å². The summed E-state index contributed by atoms with van der Waals surface area (Å²) in [7, 11) is 0. The van der Waals surface area contributed by atoms with Crippen LogP contribution >= 0.6 is 0 Å². The average molecular weight is 270 g/mol. The van der Waals surface area contributed by atoms with Crippen molar-refractivity contribution in [3.8, 4) is 0 Å². The molecule has 0 atom stereocenters. The first-order valence-corrected chi connectivity index (χ1v) is 3.17. The molecule has 0 radical (unpaired) electrons. The Morgan fingerprint density at radius 3 is 1.18 bits per heavy atom. The van der Waals surface area contributed by atoms with Gasteiger partial charge in [0.25, 0.3) is 0 Å². The van der Waals surface area contributed by atoms with Crippen LogP contribution in [0.2, 0.25) is 0 Å². The topological polar surface area (TPSA) is 227 Å². The molecule has 11 heteroatoms. The van der Waals surface area contributed by atoms with Crippen molar-refractivity contribution in [2.75, 3.05) is 0 Å². The molecule has 0 aliphatic heterocycles. The molecule has 0 aromatic carbocycles. The predicted molar refractivity (Wildman–Crippen MR) is 55.1 cm³/mol. The van der Waals surface area contributed by atoms with Crippen molar-refractivity contribution >= 4 is 47.5 Å². The fourth-order valence-corrected chi connectivity index (χ4v) is 0.714. The molecule has 17 heavy (non-hydrogen) atoms. The first-order chi connectivity index (χ1) is 5.78. The van der Waals surface area contributed by atoms with Crippen LogP contribution in [0.3, 0.4) is 0 Å². The summed E-state index contributed by atoms with van der Waals surface area (Å²) in [6, 6.07) is 0. The van der Waals surface area contributed by atoms with E-state index in [9.17, 15) is 14.4 Å². The molecule has 0 rings (SSSR count). The molecule has 0 fully saturated rings. The monoisotopic (exact) mass is 270 g/mol. The van der Waals surface area contributed by atoms with Gasteiger partial charge in [-0.2, -0.15) is 0 Å². The van der Waals surface area contributed by atoms with Crippen molar-refractivity contribution in [3.05, 3.63) is 0 Å². The second-order valence-corrected chi connectivity index (χ2v) is 2.48. The Labute approximate surface area is 117 Å². The maximum atomic E-state index is 10.3. The zero-order chi connectivity index (χ0) is 10.6. The third-order valence-electron chi connectivity index (χ3n) is 1.29. The molecule has 0 aliphatic carbocycles. The van der Waals surface area contributed by atoms with Gasteiger partial charge in [-0.3, -0.25) is 9.59 Å². The minimum atomic E-state index is -2.74. The summed E-state index contributed by atoms with van der Waals surface area (Å²) in [4.78, 5) is 30.5. The van der Waals surface area contributed by atoms with Gasteiger partial charge in [0, 0.05) is 0 Å². The van der Waals surface area contributed by atoms with Gasteiger partial charge in [-0.25, -0.2) is 4.79 Å². The SMILES string of the molecule is O.O.O.O=C(O)CC(O)(CC(=O)O)C(=O)O.[NaH]. The van der Waals surface area contributed by atoms with Crippen LogP contribution in [0.5, 0.6) is 0 Å². The Morgan fingerprint density at radius 1 is 0.824 bits per heavy atom. The molecule has 0 unspecified atom stereocenters. The van der Waals surface area contributed by atoms with E-state index in [1.807, 2.05) is 0 Å². The van der Waals surface area contributed by atoms with Gasteiger partial charge in [-0.05, 0) is 0 Å². The van der Waals surface area contributed by atoms with E-state index in [1.165, 1.54) is 0 Å². The number of carbonyl (C=O) groups is 3. The predicted octanol–water partition coefficient (Wildman–Crippen LogP) is -4.37. The van der Waals surface area contributed by atoms with Crippen molar-refractivity contribution in [2.45, 2.75) is 18.4 Å². The van der Waals surface area contributed by atoms with Gasteiger partial charge in [0.1, 0.15) is 0 Å². The van der Waals surface area contributed by atoms with E-state index in [-0.39, 0.29) is 46.0 Å². The molecule has 0 aromatic rings. The van der Waals surface area contributed by atoms with Crippen molar-refractivity contribution in [2.24, 2.45) is 0 Å². The summed E-state index contributed by atoms with van der Waals surface area (Å²) in [5, 5.41) is 33.8. The summed E-state index contributed by atoms with van der Waals surface area (Å²) in [6.45, 7) is 0. The first kappa shape index (κ1) is 29.9. The van der Waals surface area contributed by atoms with Crippen molar-refractivity contribution in [1.29, 1.82) is 0 Å². The van der Waals surface area contributed by atoms with Gasteiger partial charge in [0.05, 0.1) is 12.8 Å². The second kappa shape index (κ2) is 11.7. The van der Waals surface area contributed by atoms with Crippen molar-refractivity contribution < 1.29 is 51.2 Å². The number of hydrogen-bond acceptors (Lipinski definition) is 4. The summed E-state index contributed by atoms with van der Waals surface area (Å²) < 4.78 is 0. The van der Waals surface area contributed by atoms with Crippen molar-refractivity contribution in [1.82, 2.24) is 0 Å². The Hall–Kier alpha value is -0.750. The molecule has 0 aromatic heterocycles. The normalized spacial score (nSPS) is 8.29. The molecule has 0 spiro atoms. The van der Waals surface area contributed by atoms with Crippen LogP contribution in [-0.4, -0.2) is 89.9 Å². The molecule has 0 aliphatic rings. The molecule has 100 valence electrons. The van der Waals surface area contributed by atoms with Gasteiger partial charge in [0.15, 0.2) is 5.60 Å². The van der Waals surface area contributed by atoms with E-state index >= 15 is 0 Å². The third kappa shape index (κ3) is 11.5. The summed E-state index contributed by atoms with van der Waals surface area (Å²) in [5.41, 5.74) is -2.74. The Bertz CT molecular complexity index is 235. The van der Waals surface area contributed by atoms with E-state index in [0.29, 0.717) is 0 Å². The fraction of sp³-hybridized carbons (Fsp3) is 0.500. The fourth-order valence-electron chi connectivity index (χ4n) is 0.714. The first-order valence-electron chi connectivity index (χ1n) is 3.17. The van der Waals surface area contributed by atoms with Crippen LogP contribution in [0, 0.1) is 0 Å². The Morgan fingerprint density at radius 2 is 1.06 bits per heavy atom. The standard InChI is InChI=1S/C6H8O7.Na.3H2O.H/c7-3(8)1-6(13,5(11)12)2-4(9)10;;;;;/h13H,1-2H2,(H,7,8)(H,9,10)(H,11,12);;3*1H2;. The molecule has 0 heterocycles. The zero-order valence-corrected chi connectivity index (χ0v) is 7.93. The van der Waals surface area contributed by atoms with Crippen LogP contribution in [-0.2, 0) is 14.4 Å². The summed E-state index contributed by atoms with van der Waals surface area (Å²) in [6.07, 6.45) is -2.29. The average Bonchev–Trinajstić information content (AvgIpc) is 1.82. The molecular formula is C6H15NaO10. The van der Waals surface area contributed by atoms with Crippen LogP contribution in [0.1, 0.15) is 12.8 Å². The van der Waals surface area contributed by atoms with Crippen LogP contribution < -0.4 is 0 Å². The van der Waals surface area contributed by atoms with Gasteiger partial charge in [-0.1, -0.05) is 0 Å². The maximum absolute atomic E-state index is 10.3. The number of carboxylic acid groups (broad SMARTS) is 3. The number of rotatable bonds is 5. The molecule has 0 bridgehead atoms. The van der Waals surface area contributed by atoms with Crippen molar-refractivity contribution in [3.63, 3.8) is 0 Å². The summed E-state index contributed by atoms with van der Waals surface area (Å²) in [5.74, 6) is -5.02. The molecule has 0 amide bonds. The second-order valence-electron chi connectivity index (χ2n) is 2.48. The van der Waals surface area contributed by atoms with Gasteiger partial charge >= 0.3 is 47.5 Å². The van der Waals surface area contributed by atoms with Crippen LogP contribution in [0.25, 0.3) is 0 Å². The van der Waals surface area contributed by atoms with Crippen LogP contribution in [0.4, 0.5) is 0 Å². The minimum absolute atomic E-state index is 0. The third-order valence-corrected chi connectivity index (χ3v) is 1.29. The van der Waals surface area contributed by atoms with E-state index in [1.54, 1.807) is 0 Å².